The van der Waals surface area contributed by atoms with Crippen molar-refractivity contribution in [3.8, 4) is 0 Å². The summed E-state index contributed by atoms with van der Waals surface area (Å²) in [6, 6.07) is 16.3. The number of benzene rings is 2. The quantitative estimate of drug-likeness (QED) is 0.510. The summed E-state index contributed by atoms with van der Waals surface area (Å²) in [5.74, 6) is -1.21. The first-order valence-corrected chi connectivity index (χ1v) is 12.3. The molecule has 0 radical (unpaired) electrons. The van der Waals surface area contributed by atoms with Gasteiger partial charge in [0, 0.05) is 13.1 Å². The number of morpholine rings is 1. The van der Waals surface area contributed by atoms with Crippen LogP contribution in [0.5, 0.6) is 0 Å². The van der Waals surface area contributed by atoms with Crippen LogP contribution in [0.25, 0.3) is 0 Å². The molecule has 1 aliphatic rings. The van der Waals surface area contributed by atoms with E-state index in [-0.39, 0.29) is 12.2 Å². The maximum absolute atomic E-state index is 14.2. The van der Waals surface area contributed by atoms with Crippen molar-refractivity contribution in [2.45, 2.75) is 17.4 Å². The van der Waals surface area contributed by atoms with Crippen LogP contribution in [-0.2, 0) is 26.0 Å². The Kier molecular flexibility index (Phi) is 7.51. The maximum atomic E-state index is 14.2. The Hall–Kier alpha value is -3.34. The van der Waals surface area contributed by atoms with Crippen LogP contribution in [0.15, 0.2) is 77.8 Å². The monoisotopic (exact) mass is 484 g/mol. The number of nitrogens with zero attached hydrogens (tertiary/aromatic N) is 2. The van der Waals surface area contributed by atoms with Crippen molar-refractivity contribution in [3.63, 3.8) is 0 Å². The lowest BCUT2D eigenvalue weighted by Gasteiger charge is -2.28. The van der Waals surface area contributed by atoms with Crippen molar-refractivity contribution in [1.82, 2.24) is 9.71 Å². The molecule has 2 aromatic carbocycles. The Morgan fingerprint density at radius 1 is 1.03 bits per heavy atom. The fraction of sp³-hybridized carbons (Fsp3) is 0.250. The summed E-state index contributed by atoms with van der Waals surface area (Å²) in [6.07, 6.45) is 1.73. The lowest BCUT2D eigenvalue weighted by molar-refractivity contribution is -0.117. The van der Waals surface area contributed by atoms with Gasteiger partial charge in [-0.1, -0.05) is 42.5 Å². The minimum Gasteiger partial charge on any atom is -0.378 e. The standard InChI is InChI=1S/C24H25FN4O4S/c25-20-8-4-5-9-22(20)34(31,32)28-21(16-18-6-2-1-3-7-18)24(30)27-23-11-10-19(17-26-23)29-12-14-33-15-13-29/h1-11,17,21,28H,12-16H2,(H,26,27,30)/t21-/m0/s1. The van der Waals surface area contributed by atoms with E-state index in [4.69, 9.17) is 4.74 Å². The van der Waals surface area contributed by atoms with Gasteiger partial charge in [0.1, 0.15) is 22.6 Å². The molecule has 1 amide bonds. The van der Waals surface area contributed by atoms with E-state index in [0.717, 1.165) is 36.5 Å². The molecule has 1 aliphatic heterocycles. The van der Waals surface area contributed by atoms with E-state index in [9.17, 15) is 17.6 Å². The number of amides is 1. The first kappa shape index (κ1) is 23.8. The zero-order valence-corrected chi connectivity index (χ0v) is 19.2. The molecule has 0 bridgehead atoms. The van der Waals surface area contributed by atoms with E-state index < -0.39 is 32.7 Å². The Morgan fingerprint density at radius 3 is 2.41 bits per heavy atom. The van der Waals surface area contributed by atoms with Crippen LogP contribution in [-0.4, -0.2) is 51.7 Å². The minimum absolute atomic E-state index is 0.0756. The van der Waals surface area contributed by atoms with E-state index in [1.807, 2.05) is 12.1 Å². The Balaban J connectivity index is 1.52. The predicted molar refractivity (Wildman–Crippen MR) is 127 cm³/mol. The van der Waals surface area contributed by atoms with Gasteiger partial charge in [-0.05, 0) is 36.2 Å². The van der Waals surface area contributed by atoms with Crippen molar-refractivity contribution in [2.75, 3.05) is 36.5 Å². The minimum atomic E-state index is -4.29. The fourth-order valence-corrected chi connectivity index (χ4v) is 4.91. The highest BCUT2D eigenvalue weighted by atomic mass is 32.2. The molecule has 2 heterocycles. The smallest absolute Gasteiger partial charge is 0.244 e. The lowest BCUT2D eigenvalue weighted by atomic mass is 10.1. The van der Waals surface area contributed by atoms with Crippen LogP contribution in [0.1, 0.15) is 5.56 Å². The average Bonchev–Trinajstić information content (AvgIpc) is 2.85. The number of anilines is 2. The largest absolute Gasteiger partial charge is 0.378 e. The van der Waals surface area contributed by atoms with Crippen LogP contribution in [0.3, 0.4) is 0 Å². The third-order valence-electron chi connectivity index (χ3n) is 5.40. The Bertz CT molecular complexity index is 1220. The van der Waals surface area contributed by atoms with Crippen LogP contribution in [0, 0.1) is 5.82 Å². The molecule has 3 aromatic rings. The topological polar surface area (TPSA) is 101 Å². The van der Waals surface area contributed by atoms with Crippen LogP contribution in [0.2, 0.25) is 0 Å². The molecule has 0 aliphatic carbocycles. The highest BCUT2D eigenvalue weighted by Gasteiger charge is 2.28. The first-order valence-electron chi connectivity index (χ1n) is 10.8. The van der Waals surface area contributed by atoms with Crippen LogP contribution < -0.4 is 14.9 Å². The second-order valence-corrected chi connectivity index (χ2v) is 9.47. The van der Waals surface area contributed by atoms with Gasteiger partial charge in [-0.3, -0.25) is 4.79 Å². The molecule has 1 atom stereocenters. The zero-order chi connectivity index (χ0) is 24.0. The Labute approximate surface area is 197 Å². The van der Waals surface area contributed by atoms with Gasteiger partial charge >= 0.3 is 0 Å². The number of carbonyl (C=O) groups excluding carboxylic acids is 1. The number of hydrogen-bond acceptors (Lipinski definition) is 6. The number of pyridine rings is 1. The average molecular weight is 485 g/mol. The van der Waals surface area contributed by atoms with Gasteiger partial charge in [0.05, 0.1) is 25.1 Å². The van der Waals surface area contributed by atoms with Gasteiger partial charge in [-0.2, -0.15) is 4.72 Å². The summed E-state index contributed by atoms with van der Waals surface area (Å²) in [6.45, 7) is 2.79. The predicted octanol–water partition coefficient (Wildman–Crippen LogP) is 2.59. The van der Waals surface area contributed by atoms with Gasteiger partial charge < -0.3 is 15.0 Å². The SMILES string of the molecule is O=C(Nc1ccc(N2CCOCC2)cn1)[C@H](Cc1ccccc1)NS(=O)(=O)c1ccccc1F. The molecule has 0 saturated carbocycles. The van der Waals surface area contributed by atoms with Gasteiger partial charge in [-0.15, -0.1) is 0 Å². The number of carbonyl (C=O) groups is 1. The number of aromatic nitrogens is 1. The van der Waals surface area contributed by atoms with Gasteiger partial charge in [-0.25, -0.2) is 17.8 Å². The second kappa shape index (κ2) is 10.7. The van der Waals surface area contributed by atoms with Crippen LogP contribution in [0.4, 0.5) is 15.9 Å². The molecule has 4 rings (SSSR count). The summed E-state index contributed by atoms with van der Waals surface area (Å²) >= 11 is 0. The molecule has 178 valence electrons. The Morgan fingerprint density at radius 2 is 1.74 bits per heavy atom. The van der Waals surface area contributed by atoms with E-state index >= 15 is 0 Å². The van der Waals surface area contributed by atoms with Gasteiger partial charge in [0.25, 0.3) is 0 Å². The van der Waals surface area contributed by atoms with Crippen molar-refractivity contribution in [3.05, 3.63) is 84.3 Å². The maximum Gasteiger partial charge on any atom is 0.244 e. The number of ether oxygens (including phenoxy) is 1. The summed E-state index contributed by atoms with van der Waals surface area (Å²) < 4.78 is 47.6. The highest BCUT2D eigenvalue weighted by molar-refractivity contribution is 7.89. The van der Waals surface area contributed by atoms with Crippen molar-refractivity contribution in [2.24, 2.45) is 0 Å². The number of sulfonamides is 1. The van der Waals surface area contributed by atoms with Gasteiger partial charge in [0.15, 0.2) is 0 Å². The molecule has 34 heavy (non-hydrogen) atoms. The summed E-state index contributed by atoms with van der Waals surface area (Å²) in [5, 5.41) is 2.67. The normalized spacial score (nSPS) is 15.0. The lowest BCUT2D eigenvalue weighted by Crippen LogP contribution is -2.45. The number of rotatable bonds is 8. The van der Waals surface area contributed by atoms with Crippen molar-refractivity contribution < 1.29 is 22.3 Å². The van der Waals surface area contributed by atoms with Crippen LogP contribution >= 0.6 is 0 Å². The van der Waals surface area contributed by atoms with E-state index in [2.05, 4.69) is 19.9 Å². The van der Waals surface area contributed by atoms with E-state index in [1.165, 1.54) is 12.1 Å². The first-order chi connectivity index (χ1) is 16.4. The van der Waals surface area contributed by atoms with E-state index in [1.54, 1.807) is 36.5 Å². The molecular formula is C24H25FN4O4S. The third kappa shape index (κ3) is 5.96. The summed E-state index contributed by atoms with van der Waals surface area (Å²) in [4.78, 5) is 19.0. The molecule has 0 unspecified atom stereocenters. The number of nitrogens with one attached hydrogen (secondary N) is 2. The number of hydrogen-bond donors (Lipinski definition) is 2. The van der Waals surface area contributed by atoms with E-state index in [0.29, 0.717) is 13.2 Å². The van der Waals surface area contributed by atoms with Crippen molar-refractivity contribution in [1.29, 1.82) is 0 Å². The number of halogens is 1. The van der Waals surface area contributed by atoms with Gasteiger partial charge in [0.2, 0.25) is 15.9 Å². The second-order valence-electron chi connectivity index (χ2n) is 7.78. The fourth-order valence-electron chi connectivity index (χ4n) is 3.63. The summed E-state index contributed by atoms with van der Waals surface area (Å²) in [5.41, 5.74) is 1.65. The molecule has 8 nitrogen and oxygen atoms in total. The van der Waals surface area contributed by atoms with Crippen molar-refractivity contribution >= 4 is 27.4 Å². The molecule has 1 fully saturated rings. The molecular weight excluding hydrogens is 459 g/mol. The molecule has 1 aromatic heterocycles. The molecule has 10 heteroatoms. The molecule has 1 saturated heterocycles. The molecule has 2 N–H and O–H groups in total. The summed E-state index contributed by atoms with van der Waals surface area (Å²) in [7, 11) is -4.29. The third-order valence-corrected chi connectivity index (χ3v) is 6.90. The highest BCUT2D eigenvalue weighted by Crippen LogP contribution is 2.18. The molecule has 0 spiro atoms. The zero-order valence-electron chi connectivity index (χ0n) is 18.4.